The minimum absolute atomic E-state index is 0.515. The normalized spacial score (nSPS) is 54.0. The van der Waals surface area contributed by atoms with Crippen LogP contribution in [0, 0.1) is 28.1 Å². The van der Waals surface area contributed by atoms with Gasteiger partial charge in [0.15, 0.2) is 0 Å². The maximum absolute atomic E-state index is 2.58. The Balaban J connectivity index is 2.49. The highest BCUT2D eigenvalue weighted by Gasteiger charge is 2.64. The number of fused-ring (bicyclic) bond motifs is 1. The van der Waals surface area contributed by atoms with E-state index in [2.05, 4.69) is 41.5 Å². The molecule has 0 heterocycles. The van der Waals surface area contributed by atoms with Crippen molar-refractivity contribution in [1.29, 1.82) is 0 Å². The fourth-order valence-corrected chi connectivity index (χ4v) is 5.11. The molecule has 0 aliphatic heterocycles. The third-order valence-corrected chi connectivity index (χ3v) is 6.93. The van der Waals surface area contributed by atoms with Crippen LogP contribution >= 0.6 is 0 Å². The summed E-state index contributed by atoms with van der Waals surface area (Å²) in [5.74, 6) is 1.78. The monoisotopic (exact) mass is 208 g/mol. The first-order chi connectivity index (χ1) is 6.76. The summed E-state index contributed by atoms with van der Waals surface area (Å²) in [6, 6.07) is 0. The van der Waals surface area contributed by atoms with E-state index in [9.17, 15) is 0 Å². The Bertz CT molecular complexity index is 265. The molecule has 4 unspecified atom stereocenters. The van der Waals surface area contributed by atoms with Gasteiger partial charge in [0.25, 0.3) is 0 Å². The zero-order chi connectivity index (χ0) is 11.5. The summed E-state index contributed by atoms with van der Waals surface area (Å²) in [5.41, 5.74) is 1.67. The molecule has 0 heteroatoms. The molecule has 2 fully saturated rings. The van der Waals surface area contributed by atoms with E-state index in [4.69, 9.17) is 0 Å². The van der Waals surface area contributed by atoms with Crippen LogP contribution in [0.1, 0.15) is 67.2 Å². The molecule has 88 valence electrons. The topological polar surface area (TPSA) is 0 Å². The predicted octanol–water partition coefficient (Wildman–Crippen LogP) is 4.89. The molecule has 0 aromatic carbocycles. The Morgan fingerprint density at radius 2 is 1.53 bits per heavy atom. The molecule has 0 radical (unpaired) electrons. The van der Waals surface area contributed by atoms with Crippen LogP contribution in [-0.4, -0.2) is 0 Å². The summed E-state index contributed by atoms with van der Waals surface area (Å²) in [6.07, 6.45) is 5.81. The van der Waals surface area contributed by atoms with Gasteiger partial charge in [-0.25, -0.2) is 0 Å². The molecule has 0 spiro atoms. The van der Waals surface area contributed by atoms with Crippen molar-refractivity contribution in [2.75, 3.05) is 0 Å². The average molecular weight is 208 g/mol. The van der Waals surface area contributed by atoms with E-state index in [1.54, 1.807) is 0 Å². The molecule has 2 aliphatic rings. The maximum atomic E-state index is 2.58. The molecule has 2 rings (SSSR count). The molecule has 0 N–H and O–H groups in total. The van der Waals surface area contributed by atoms with Crippen LogP contribution in [0.15, 0.2) is 0 Å². The third-order valence-electron chi connectivity index (χ3n) is 6.93. The Hall–Kier alpha value is 0. The Kier molecular flexibility index (Phi) is 2.31. The Morgan fingerprint density at radius 3 is 2.07 bits per heavy atom. The van der Waals surface area contributed by atoms with Crippen LogP contribution in [0.3, 0.4) is 0 Å². The lowest BCUT2D eigenvalue weighted by atomic mass is 9.48. The Morgan fingerprint density at radius 1 is 0.933 bits per heavy atom. The highest BCUT2D eigenvalue weighted by molar-refractivity contribution is 5.13. The standard InChI is InChI=1S/C15H28/c1-11-8-7-9-14(5)10-12(2)13(3,4)15(11,14)6/h11-12H,7-10H2,1-6H3. The van der Waals surface area contributed by atoms with E-state index in [0.717, 1.165) is 11.8 Å². The maximum Gasteiger partial charge on any atom is -0.0192 e. The molecule has 15 heavy (non-hydrogen) atoms. The van der Waals surface area contributed by atoms with Gasteiger partial charge in [0.2, 0.25) is 0 Å². The number of hydrogen-bond acceptors (Lipinski definition) is 0. The molecule has 2 saturated carbocycles. The van der Waals surface area contributed by atoms with Gasteiger partial charge in [-0.05, 0) is 40.9 Å². The summed E-state index contributed by atoms with van der Waals surface area (Å²) in [5, 5.41) is 0. The van der Waals surface area contributed by atoms with Gasteiger partial charge in [-0.1, -0.05) is 54.4 Å². The zero-order valence-electron chi connectivity index (χ0n) is 11.5. The van der Waals surface area contributed by atoms with Crippen molar-refractivity contribution in [2.45, 2.75) is 67.2 Å². The van der Waals surface area contributed by atoms with E-state index >= 15 is 0 Å². The molecule has 0 aromatic rings. The largest absolute Gasteiger partial charge is 0.0620 e. The lowest BCUT2D eigenvalue weighted by Gasteiger charge is -2.56. The first kappa shape index (κ1) is 11.5. The smallest absolute Gasteiger partial charge is 0.0192 e. The lowest BCUT2D eigenvalue weighted by Crippen LogP contribution is -2.49. The van der Waals surface area contributed by atoms with Crippen molar-refractivity contribution >= 4 is 0 Å². The molecule has 2 aliphatic carbocycles. The van der Waals surface area contributed by atoms with Gasteiger partial charge in [0.05, 0.1) is 0 Å². The fraction of sp³-hybridized carbons (Fsp3) is 1.00. The Labute approximate surface area is 95.8 Å². The van der Waals surface area contributed by atoms with Crippen molar-refractivity contribution in [2.24, 2.45) is 28.1 Å². The minimum atomic E-state index is 0.515. The second kappa shape index (κ2) is 3.02. The van der Waals surface area contributed by atoms with Crippen LogP contribution in [0.5, 0.6) is 0 Å². The number of hydrogen-bond donors (Lipinski definition) is 0. The van der Waals surface area contributed by atoms with Gasteiger partial charge in [-0.2, -0.15) is 0 Å². The van der Waals surface area contributed by atoms with Gasteiger partial charge in [-0.3, -0.25) is 0 Å². The van der Waals surface area contributed by atoms with Crippen molar-refractivity contribution in [3.8, 4) is 0 Å². The third kappa shape index (κ3) is 1.14. The molecule has 0 bridgehead atoms. The van der Waals surface area contributed by atoms with E-state index in [1.165, 1.54) is 25.7 Å². The quantitative estimate of drug-likeness (QED) is 0.532. The number of rotatable bonds is 0. The summed E-state index contributed by atoms with van der Waals surface area (Å²) >= 11 is 0. The summed E-state index contributed by atoms with van der Waals surface area (Å²) in [7, 11) is 0. The molecular formula is C15H28. The first-order valence-corrected chi connectivity index (χ1v) is 6.76. The predicted molar refractivity (Wildman–Crippen MR) is 66.8 cm³/mol. The van der Waals surface area contributed by atoms with E-state index in [0.29, 0.717) is 16.2 Å². The second-order valence-corrected chi connectivity index (χ2v) is 7.38. The lowest BCUT2D eigenvalue weighted by molar-refractivity contribution is -0.0746. The average Bonchev–Trinajstić information content (AvgIpc) is 2.25. The van der Waals surface area contributed by atoms with Crippen molar-refractivity contribution in [3.05, 3.63) is 0 Å². The summed E-state index contributed by atoms with van der Waals surface area (Å²) in [6.45, 7) is 15.2. The van der Waals surface area contributed by atoms with Crippen LogP contribution in [-0.2, 0) is 0 Å². The second-order valence-electron chi connectivity index (χ2n) is 7.38. The zero-order valence-corrected chi connectivity index (χ0v) is 11.5. The molecule has 0 amide bonds. The van der Waals surface area contributed by atoms with Gasteiger partial charge in [-0.15, -0.1) is 0 Å². The van der Waals surface area contributed by atoms with Gasteiger partial charge >= 0.3 is 0 Å². The highest BCUT2D eigenvalue weighted by Crippen LogP contribution is 2.71. The van der Waals surface area contributed by atoms with Crippen LogP contribution < -0.4 is 0 Å². The van der Waals surface area contributed by atoms with Crippen LogP contribution in [0.25, 0.3) is 0 Å². The highest BCUT2D eigenvalue weighted by atomic mass is 14.7. The van der Waals surface area contributed by atoms with Crippen molar-refractivity contribution in [1.82, 2.24) is 0 Å². The van der Waals surface area contributed by atoms with Gasteiger partial charge < -0.3 is 0 Å². The van der Waals surface area contributed by atoms with Crippen LogP contribution in [0.2, 0.25) is 0 Å². The SMILES string of the molecule is CC1CC2(C)CCCC(C)C2(C)C1(C)C. The molecule has 4 atom stereocenters. The molecular weight excluding hydrogens is 180 g/mol. The van der Waals surface area contributed by atoms with Crippen molar-refractivity contribution < 1.29 is 0 Å². The van der Waals surface area contributed by atoms with E-state index in [1.807, 2.05) is 0 Å². The van der Waals surface area contributed by atoms with Gasteiger partial charge in [0, 0.05) is 0 Å². The first-order valence-electron chi connectivity index (χ1n) is 6.76. The van der Waals surface area contributed by atoms with Gasteiger partial charge in [0.1, 0.15) is 0 Å². The molecule has 0 nitrogen and oxygen atoms in total. The van der Waals surface area contributed by atoms with Crippen molar-refractivity contribution in [3.63, 3.8) is 0 Å². The molecule has 0 saturated heterocycles. The fourth-order valence-electron chi connectivity index (χ4n) is 5.11. The van der Waals surface area contributed by atoms with E-state index < -0.39 is 0 Å². The summed E-state index contributed by atoms with van der Waals surface area (Å²) in [4.78, 5) is 0. The van der Waals surface area contributed by atoms with E-state index in [-0.39, 0.29) is 0 Å². The minimum Gasteiger partial charge on any atom is -0.0620 e. The molecule has 0 aromatic heterocycles. The summed E-state index contributed by atoms with van der Waals surface area (Å²) < 4.78 is 0. The van der Waals surface area contributed by atoms with Crippen LogP contribution in [0.4, 0.5) is 0 Å².